The van der Waals surface area contributed by atoms with Gasteiger partial charge in [-0.25, -0.2) is 0 Å². The highest BCUT2D eigenvalue weighted by Gasteiger charge is 2.23. The monoisotopic (exact) mass is 1270 g/mol. The summed E-state index contributed by atoms with van der Waals surface area (Å²) in [4.78, 5) is 8.84. The van der Waals surface area contributed by atoms with Gasteiger partial charge >= 0.3 is 0 Å². The van der Waals surface area contributed by atoms with Crippen molar-refractivity contribution in [3.05, 3.63) is 418 Å². The molecule has 13 aromatic carbocycles. The van der Waals surface area contributed by atoms with E-state index in [1.165, 1.54) is 118 Å². The van der Waals surface area contributed by atoms with Gasteiger partial charge in [-0.05, 0) is 181 Å². The van der Waals surface area contributed by atoms with Crippen molar-refractivity contribution in [1.82, 2.24) is 0 Å². The van der Waals surface area contributed by atoms with Crippen LogP contribution in [-0.4, -0.2) is 28.2 Å². The molecule has 0 saturated carbocycles. The van der Waals surface area contributed by atoms with E-state index in [0.29, 0.717) is 5.92 Å². The van der Waals surface area contributed by atoms with Crippen LogP contribution in [0.2, 0.25) is 0 Å². The predicted octanol–water partition coefficient (Wildman–Crippen LogP) is 24.3. The van der Waals surface area contributed by atoms with Gasteiger partial charge in [0.1, 0.15) is 0 Å². The Morgan fingerprint density at radius 2 is 0.443 bits per heavy atom. The second-order valence-electron chi connectivity index (χ2n) is 26.0. The Morgan fingerprint density at radius 1 is 0.237 bits per heavy atom. The van der Waals surface area contributed by atoms with Crippen molar-refractivity contribution >= 4 is 45.5 Å². The van der Waals surface area contributed by atoms with E-state index in [2.05, 4.69) is 418 Å². The third kappa shape index (κ3) is 18.7. The fourth-order valence-electron chi connectivity index (χ4n) is 12.1. The highest BCUT2D eigenvalue weighted by molar-refractivity contribution is 5.66. The van der Waals surface area contributed by atoms with Crippen molar-refractivity contribution in [2.24, 2.45) is 0 Å². The van der Waals surface area contributed by atoms with Crippen molar-refractivity contribution in [2.75, 3.05) is 47.8 Å². The first kappa shape index (κ1) is 68.9. The number of anilines is 8. The minimum absolute atomic E-state index is 0.00243. The Balaban J connectivity index is 0.000000141. The molecule has 2 atom stereocenters. The van der Waals surface area contributed by atoms with Crippen molar-refractivity contribution in [3.8, 4) is 0 Å². The van der Waals surface area contributed by atoms with Gasteiger partial charge in [0.2, 0.25) is 0 Å². The molecule has 97 heavy (non-hydrogen) atoms. The van der Waals surface area contributed by atoms with Gasteiger partial charge in [0.05, 0.1) is 0 Å². The normalized spacial score (nSPS) is 11.4. The van der Waals surface area contributed by atoms with Crippen LogP contribution in [0.4, 0.5) is 45.5 Å². The molecule has 4 heteroatoms. The van der Waals surface area contributed by atoms with E-state index in [-0.39, 0.29) is 11.3 Å². The molecule has 0 N–H and O–H groups in total. The first-order chi connectivity index (χ1) is 47.1. The van der Waals surface area contributed by atoms with E-state index in [9.17, 15) is 0 Å². The molecule has 4 nitrogen and oxygen atoms in total. The third-order valence-corrected chi connectivity index (χ3v) is 18.7. The molecule has 0 fully saturated rings. The molecule has 0 bridgehead atoms. The number of rotatable bonds is 17. The van der Waals surface area contributed by atoms with Crippen LogP contribution in [0.5, 0.6) is 0 Å². The molecule has 486 valence electrons. The van der Waals surface area contributed by atoms with Crippen molar-refractivity contribution in [3.63, 3.8) is 0 Å². The van der Waals surface area contributed by atoms with Gasteiger partial charge in [-0.15, -0.1) is 0 Å². The van der Waals surface area contributed by atoms with Crippen LogP contribution < -0.4 is 19.6 Å². The standard InChI is InChI=1S/C27H25N.C23H25N.C22H23N.C21H21N/c1-21-13-15-23(16-14-21)27(22-9-5-3-6-10-22)24-17-19-26(20-18-24)28(2)25-11-7-4-8-12-25;1-18-10-12-19(13-11-18)23(2,3)20-14-16-22(17-15-20)24(4)21-8-6-5-7-9-21;1-17-9-11-19(12-10-17)18(2)20-13-15-22(16-14-20)23(3)21-7-5-4-6-8-21;1-17-8-10-18(11-9-17)16-19-12-14-21(15-13-19)22(2)20-6-4-3-5-7-20/h3-20,27H,1-2H3;5-17H,1-4H3;4-16,18H,1-3H3;3-15H,16H2,1-2H3. The van der Waals surface area contributed by atoms with Crippen LogP contribution in [0.15, 0.2) is 346 Å². The average molecular weight is 1270 g/mol. The third-order valence-electron chi connectivity index (χ3n) is 18.7. The largest absolute Gasteiger partial charge is 0.345 e. The van der Waals surface area contributed by atoms with Crippen LogP contribution in [-0.2, 0) is 11.8 Å². The first-order valence-electron chi connectivity index (χ1n) is 33.9. The summed E-state index contributed by atoms with van der Waals surface area (Å²) in [6.07, 6.45) is 0.982. The zero-order valence-electron chi connectivity index (χ0n) is 58.6. The number of hydrogen-bond donors (Lipinski definition) is 0. The fourth-order valence-corrected chi connectivity index (χ4v) is 12.1. The number of benzene rings is 13. The lowest BCUT2D eigenvalue weighted by molar-refractivity contribution is 0.640. The van der Waals surface area contributed by atoms with Gasteiger partial charge in [-0.3, -0.25) is 0 Å². The molecule has 0 saturated heterocycles. The molecule has 0 spiro atoms. The fraction of sp³-hybridized carbons (Fsp3) is 0.161. The minimum atomic E-state index is -0.00243. The molecule has 0 heterocycles. The van der Waals surface area contributed by atoms with Gasteiger partial charge in [-0.1, -0.05) is 292 Å². The molecular formula is C93H94N4. The Labute approximate surface area is 580 Å². The van der Waals surface area contributed by atoms with Crippen LogP contribution >= 0.6 is 0 Å². The van der Waals surface area contributed by atoms with Crippen molar-refractivity contribution in [1.29, 1.82) is 0 Å². The van der Waals surface area contributed by atoms with Gasteiger partial charge in [0.15, 0.2) is 0 Å². The molecule has 0 aliphatic rings. The van der Waals surface area contributed by atoms with Gasteiger partial charge in [0, 0.05) is 90.9 Å². The van der Waals surface area contributed by atoms with Crippen LogP contribution in [0.25, 0.3) is 0 Å². The second-order valence-corrected chi connectivity index (χ2v) is 26.0. The van der Waals surface area contributed by atoms with Gasteiger partial charge < -0.3 is 19.6 Å². The minimum Gasteiger partial charge on any atom is -0.345 e. The van der Waals surface area contributed by atoms with Crippen molar-refractivity contribution in [2.45, 2.75) is 72.1 Å². The predicted molar refractivity (Wildman–Crippen MR) is 418 cm³/mol. The number of aryl methyl sites for hydroxylation is 4. The Morgan fingerprint density at radius 3 is 0.773 bits per heavy atom. The highest BCUT2D eigenvalue weighted by Crippen LogP contribution is 2.37. The van der Waals surface area contributed by atoms with Crippen LogP contribution in [0.3, 0.4) is 0 Å². The Bertz CT molecular complexity index is 4410. The average Bonchev–Trinajstić information content (AvgIpc) is 1.01. The molecule has 0 aromatic heterocycles. The molecule has 0 amide bonds. The SMILES string of the molecule is Cc1ccc(C(C)(C)c2ccc(N(C)c3ccccc3)cc2)cc1.Cc1ccc(C(C)c2ccc(N(C)c3ccccc3)cc2)cc1.Cc1ccc(C(c2ccccc2)c2ccc(N(C)c3ccccc3)cc2)cc1.Cc1ccc(Cc2ccc(N(C)c3ccccc3)cc2)cc1. The van der Waals surface area contributed by atoms with E-state index in [1.54, 1.807) is 0 Å². The lowest BCUT2D eigenvalue weighted by atomic mass is 9.78. The Kier molecular flexibility index (Phi) is 23.8. The van der Waals surface area contributed by atoms with Crippen molar-refractivity contribution < 1.29 is 0 Å². The van der Waals surface area contributed by atoms with E-state index in [0.717, 1.165) is 6.42 Å². The van der Waals surface area contributed by atoms with E-state index < -0.39 is 0 Å². The zero-order chi connectivity index (χ0) is 68.1. The molecule has 2 unspecified atom stereocenters. The summed E-state index contributed by atoms with van der Waals surface area (Å²) < 4.78 is 0. The maximum absolute atomic E-state index is 2.29. The topological polar surface area (TPSA) is 13.0 Å². The summed E-state index contributed by atoms with van der Waals surface area (Å²) in [5.41, 5.74) is 26.8. The maximum atomic E-state index is 2.29. The van der Waals surface area contributed by atoms with Crippen LogP contribution in [0, 0.1) is 27.7 Å². The summed E-state index contributed by atoms with van der Waals surface area (Å²) in [7, 11) is 8.42. The number of nitrogens with zero attached hydrogens (tertiary/aromatic N) is 4. The van der Waals surface area contributed by atoms with Crippen LogP contribution in [0.1, 0.15) is 105 Å². The summed E-state index contributed by atoms with van der Waals surface area (Å²) in [6, 6.07) is 123. The molecule has 13 rings (SSSR count). The maximum Gasteiger partial charge on any atom is 0.0408 e. The van der Waals surface area contributed by atoms with Gasteiger partial charge in [0.25, 0.3) is 0 Å². The number of hydrogen-bond acceptors (Lipinski definition) is 4. The highest BCUT2D eigenvalue weighted by atomic mass is 15.1. The quantitative estimate of drug-likeness (QED) is 0.0843. The molecule has 0 aliphatic carbocycles. The lowest BCUT2D eigenvalue weighted by Crippen LogP contribution is -2.19. The van der Waals surface area contributed by atoms with Gasteiger partial charge in [-0.2, -0.15) is 0 Å². The first-order valence-corrected chi connectivity index (χ1v) is 33.9. The van der Waals surface area contributed by atoms with E-state index in [4.69, 9.17) is 0 Å². The molecule has 0 radical (unpaired) electrons. The second kappa shape index (κ2) is 33.4. The lowest BCUT2D eigenvalue weighted by Gasteiger charge is -2.27. The smallest absolute Gasteiger partial charge is 0.0408 e. The number of para-hydroxylation sites is 4. The summed E-state index contributed by atoms with van der Waals surface area (Å²) in [5, 5.41) is 0. The van der Waals surface area contributed by atoms with E-state index in [1.807, 2.05) is 24.3 Å². The summed E-state index contributed by atoms with van der Waals surface area (Å²) >= 11 is 0. The zero-order valence-corrected chi connectivity index (χ0v) is 58.6. The Hall–Kier alpha value is -10.9. The summed E-state index contributed by atoms with van der Waals surface area (Å²) in [5.74, 6) is 0.643. The molecule has 0 aliphatic heterocycles. The summed E-state index contributed by atoms with van der Waals surface area (Å²) in [6.45, 7) is 15.4. The van der Waals surface area contributed by atoms with E-state index >= 15 is 0 Å². The molecular weight excluding hydrogens is 1170 g/mol. The molecule has 13 aromatic rings.